The molecule has 0 spiro atoms. The van der Waals surface area contributed by atoms with Crippen LogP contribution in [0.25, 0.3) is 0 Å². The van der Waals surface area contributed by atoms with E-state index in [2.05, 4.69) is 5.32 Å². The van der Waals surface area contributed by atoms with Crippen LogP contribution in [0.1, 0.15) is 5.56 Å². The van der Waals surface area contributed by atoms with E-state index in [9.17, 15) is 14.4 Å². The van der Waals surface area contributed by atoms with E-state index in [4.69, 9.17) is 5.26 Å². The molecule has 7 nitrogen and oxygen atoms in total. The first kappa shape index (κ1) is 14.3. The highest BCUT2D eigenvalue weighted by Gasteiger charge is 2.09. The van der Waals surface area contributed by atoms with Gasteiger partial charge in [-0.05, 0) is 24.3 Å². The number of hydrogen-bond donors (Lipinski definition) is 1. The van der Waals surface area contributed by atoms with Gasteiger partial charge in [0, 0.05) is 25.0 Å². The van der Waals surface area contributed by atoms with E-state index in [1.54, 1.807) is 24.3 Å². The highest BCUT2D eigenvalue weighted by molar-refractivity contribution is 5.90. The topological polar surface area (TPSA) is 96.9 Å². The maximum absolute atomic E-state index is 11.9. The van der Waals surface area contributed by atoms with E-state index in [1.807, 2.05) is 6.07 Å². The zero-order chi connectivity index (χ0) is 15.4. The Morgan fingerprint density at radius 1 is 1.24 bits per heavy atom. The molecule has 106 valence electrons. The first-order valence-corrected chi connectivity index (χ1v) is 6.08. The number of amides is 1. The van der Waals surface area contributed by atoms with Crippen LogP contribution >= 0.6 is 0 Å². The molecule has 0 bridgehead atoms. The van der Waals surface area contributed by atoms with Crippen LogP contribution in [0.15, 0.2) is 46.1 Å². The van der Waals surface area contributed by atoms with Gasteiger partial charge in [0.15, 0.2) is 0 Å². The van der Waals surface area contributed by atoms with Gasteiger partial charge in [0.05, 0.1) is 11.6 Å². The minimum Gasteiger partial charge on any atom is -0.325 e. The number of aromatic nitrogens is 2. The second kappa shape index (κ2) is 5.88. The molecule has 0 unspecified atom stereocenters. The lowest BCUT2D eigenvalue weighted by Crippen LogP contribution is -2.40. The molecule has 0 aliphatic heterocycles. The molecule has 1 N–H and O–H groups in total. The lowest BCUT2D eigenvalue weighted by molar-refractivity contribution is -0.116. The van der Waals surface area contributed by atoms with Gasteiger partial charge in [-0.25, -0.2) is 4.79 Å². The number of anilines is 1. The highest BCUT2D eigenvalue weighted by atomic mass is 16.2. The molecule has 0 saturated carbocycles. The lowest BCUT2D eigenvalue weighted by Gasteiger charge is -2.07. The number of benzene rings is 1. The summed E-state index contributed by atoms with van der Waals surface area (Å²) in [6, 6.07) is 9.45. The Balaban J connectivity index is 2.16. The quantitative estimate of drug-likeness (QED) is 0.861. The number of nitriles is 1. The largest absolute Gasteiger partial charge is 0.331 e. The monoisotopic (exact) mass is 284 g/mol. The molecule has 0 atom stereocenters. The van der Waals surface area contributed by atoms with Crippen molar-refractivity contribution >= 4 is 11.6 Å². The van der Waals surface area contributed by atoms with Gasteiger partial charge in [-0.2, -0.15) is 5.26 Å². The van der Waals surface area contributed by atoms with Gasteiger partial charge in [0.25, 0.3) is 5.56 Å². The molecule has 0 aliphatic rings. The summed E-state index contributed by atoms with van der Waals surface area (Å²) in [6.07, 6.45) is 1.35. The van der Waals surface area contributed by atoms with Gasteiger partial charge in [0.1, 0.15) is 6.54 Å². The summed E-state index contributed by atoms with van der Waals surface area (Å²) in [5.74, 6) is -0.495. The number of nitrogens with one attached hydrogen (secondary N) is 1. The van der Waals surface area contributed by atoms with E-state index in [0.717, 1.165) is 4.57 Å². The third kappa shape index (κ3) is 3.25. The fourth-order valence-electron chi connectivity index (χ4n) is 1.73. The van der Waals surface area contributed by atoms with E-state index < -0.39 is 17.2 Å². The molecule has 0 fully saturated rings. The Kier molecular flexibility index (Phi) is 4.00. The smallest absolute Gasteiger partial charge is 0.325 e. The van der Waals surface area contributed by atoms with Crippen molar-refractivity contribution in [2.45, 2.75) is 6.54 Å². The summed E-state index contributed by atoms with van der Waals surface area (Å²) in [6.45, 7) is -0.369. The van der Waals surface area contributed by atoms with Crippen LogP contribution < -0.4 is 16.6 Å². The third-order valence-electron chi connectivity index (χ3n) is 2.84. The van der Waals surface area contributed by atoms with E-state index in [1.165, 1.54) is 23.9 Å². The van der Waals surface area contributed by atoms with Crippen LogP contribution in [0.2, 0.25) is 0 Å². The number of carbonyl (C=O) groups is 1. The molecule has 1 heterocycles. The van der Waals surface area contributed by atoms with Gasteiger partial charge in [0.2, 0.25) is 5.91 Å². The summed E-state index contributed by atoms with van der Waals surface area (Å²) in [5.41, 5.74) is -0.133. The van der Waals surface area contributed by atoms with Crippen molar-refractivity contribution in [2.24, 2.45) is 7.05 Å². The first-order chi connectivity index (χ1) is 10.0. The second-order valence-electron chi connectivity index (χ2n) is 4.37. The van der Waals surface area contributed by atoms with E-state index in [0.29, 0.717) is 11.3 Å². The van der Waals surface area contributed by atoms with Crippen molar-refractivity contribution in [1.29, 1.82) is 5.26 Å². The highest BCUT2D eigenvalue weighted by Crippen LogP contribution is 2.08. The first-order valence-electron chi connectivity index (χ1n) is 6.08. The SMILES string of the molecule is Cn1ccc(=O)n(CC(=O)Nc2ccc(C#N)cc2)c1=O. The summed E-state index contributed by atoms with van der Waals surface area (Å²) >= 11 is 0. The Bertz CT molecular complexity index is 825. The maximum atomic E-state index is 11.9. The molecule has 1 aromatic heterocycles. The van der Waals surface area contributed by atoms with Crippen molar-refractivity contribution in [3.63, 3.8) is 0 Å². The fourth-order valence-corrected chi connectivity index (χ4v) is 1.73. The van der Waals surface area contributed by atoms with E-state index >= 15 is 0 Å². The summed E-state index contributed by atoms with van der Waals surface area (Å²) in [7, 11) is 1.50. The molecule has 0 radical (unpaired) electrons. The molecular formula is C14H12N4O3. The van der Waals surface area contributed by atoms with Crippen LogP contribution in [0.3, 0.4) is 0 Å². The van der Waals surface area contributed by atoms with Crippen LogP contribution in [0.5, 0.6) is 0 Å². The van der Waals surface area contributed by atoms with Gasteiger partial charge < -0.3 is 9.88 Å². The van der Waals surface area contributed by atoms with E-state index in [-0.39, 0.29) is 6.54 Å². The fraction of sp³-hybridized carbons (Fsp3) is 0.143. The summed E-state index contributed by atoms with van der Waals surface area (Å²) < 4.78 is 2.06. The summed E-state index contributed by atoms with van der Waals surface area (Å²) in [4.78, 5) is 35.2. The number of aryl methyl sites for hydroxylation is 1. The Morgan fingerprint density at radius 3 is 2.52 bits per heavy atom. The van der Waals surface area contributed by atoms with Gasteiger partial charge in [-0.15, -0.1) is 0 Å². The molecule has 0 saturated heterocycles. The molecule has 2 rings (SSSR count). The number of carbonyl (C=O) groups excluding carboxylic acids is 1. The van der Waals surface area contributed by atoms with Crippen molar-refractivity contribution in [3.05, 3.63) is 62.9 Å². The summed E-state index contributed by atoms with van der Waals surface area (Å²) in [5, 5.41) is 11.2. The molecular weight excluding hydrogens is 272 g/mol. The van der Waals surface area contributed by atoms with Crippen LogP contribution in [-0.2, 0) is 18.4 Å². The molecule has 2 aromatic rings. The zero-order valence-corrected chi connectivity index (χ0v) is 11.2. The van der Waals surface area contributed by atoms with Gasteiger partial charge in [-0.3, -0.25) is 14.2 Å². The van der Waals surface area contributed by atoms with Crippen molar-refractivity contribution in [1.82, 2.24) is 9.13 Å². The van der Waals surface area contributed by atoms with Crippen LogP contribution in [-0.4, -0.2) is 15.0 Å². The number of nitrogens with zero attached hydrogens (tertiary/aromatic N) is 3. The number of rotatable bonds is 3. The van der Waals surface area contributed by atoms with Crippen molar-refractivity contribution in [2.75, 3.05) is 5.32 Å². The zero-order valence-electron chi connectivity index (χ0n) is 11.2. The van der Waals surface area contributed by atoms with Crippen molar-refractivity contribution in [3.8, 4) is 6.07 Å². The average molecular weight is 284 g/mol. The third-order valence-corrected chi connectivity index (χ3v) is 2.84. The standard InChI is InChI=1S/C14H12N4O3/c1-17-7-6-13(20)18(14(17)21)9-12(19)16-11-4-2-10(8-15)3-5-11/h2-7H,9H2,1H3,(H,16,19). The van der Waals surface area contributed by atoms with Crippen LogP contribution in [0, 0.1) is 11.3 Å². The van der Waals surface area contributed by atoms with Gasteiger partial charge in [-0.1, -0.05) is 0 Å². The molecule has 1 amide bonds. The Hall–Kier alpha value is -3.14. The molecule has 1 aromatic carbocycles. The lowest BCUT2D eigenvalue weighted by atomic mass is 10.2. The number of hydrogen-bond acceptors (Lipinski definition) is 4. The predicted octanol–water partition coefficient (Wildman–Crippen LogP) is 0.0574. The van der Waals surface area contributed by atoms with Crippen molar-refractivity contribution < 1.29 is 4.79 Å². The molecule has 7 heteroatoms. The second-order valence-corrected chi connectivity index (χ2v) is 4.37. The maximum Gasteiger partial charge on any atom is 0.331 e. The average Bonchev–Trinajstić information content (AvgIpc) is 2.48. The predicted molar refractivity (Wildman–Crippen MR) is 75.7 cm³/mol. The minimum atomic E-state index is -0.558. The van der Waals surface area contributed by atoms with Crippen LogP contribution in [0.4, 0.5) is 5.69 Å². The Labute approximate surface area is 119 Å². The minimum absolute atomic E-state index is 0.369. The molecule has 0 aliphatic carbocycles. The molecule has 21 heavy (non-hydrogen) atoms. The Morgan fingerprint density at radius 2 is 1.90 bits per heavy atom. The normalized spacial score (nSPS) is 9.90. The van der Waals surface area contributed by atoms with Gasteiger partial charge >= 0.3 is 5.69 Å².